The van der Waals surface area contributed by atoms with Crippen LogP contribution in [0.2, 0.25) is 0 Å². The second-order valence-electron chi connectivity index (χ2n) is 4.62. The summed E-state index contributed by atoms with van der Waals surface area (Å²) in [4.78, 5) is 0. The van der Waals surface area contributed by atoms with Crippen molar-refractivity contribution in [2.75, 3.05) is 23.8 Å². The van der Waals surface area contributed by atoms with Crippen LogP contribution < -0.4 is 5.32 Å². The minimum Gasteiger partial charge on any atom is -0.312 e. The van der Waals surface area contributed by atoms with Gasteiger partial charge >= 0.3 is 0 Å². The smallest absolute Gasteiger partial charge is 0.0263 e. The first-order chi connectivity index (χ1) is 8.25. The van der Waals surface area contributed by atoms with Crippen LogP contribution in [0.4, 0.5) is 0 Å². The molecule has 0 saturated carbocycles. The standard InChI is InChI=1S/C14H21NS2/c1-11-3-4-13(7-12(11)2)8-15-9-14-10-16-5-6-17-14/h3-4,7,14-15H,5-6,8-10H2,1-2H3. The van der Waals surface area contributed by atoms with Crippen molar-refractivity contribution in [3.63, 3.8) is 0 Å². The molecule has 1 unspecified atom stereocenters. The molecule has 1 aromatic carbocycles. The van der Waals surface area contributed by atoms with E-state index in [4.69, 9.17) is 0 Å². The summed E-state index contributed by atoms with van der Waals surface area (Å²) >= 11 is 4.21. The quantitative estimate of drug-likeness (QED) is 0.899. The van der Waals surface area contributed by atoms with Crippen LogP contribution >= 0.6 is 23.5 Å². The number of aryl methyl sites for hydroxylation is 2. The number of rotatable bonds is 4. The molecular weight excluding hydrogens is 246 g/mol. The molecule has 94 valence electrons. The Labute approximate surface area is 113 Å². The monoisotopic (exact) mass is 267 g/mol. The van der Waals surface area contributed by atoms with Gasteiger partial charge in [0.05, 0.1) is 0 Å². The number of benzene rings is 1. The molecule has 17 heavy (non-hydrogen) atoms. The molecule has 0 aliphatic carbocycles. The summed E-state index contributed by atoms with van der Waals surface area (Å²) in [5.74, 6) is 3.96. The van der Waals surface area contributed by atoms with Crippen LogP contribution in [0.1, 0.15) is 16.7 Å². The van der Waals surface area contributed by atoms with Crippen molar-refractivity contribution in [3.8, 4) is 0 Å². The molecule has 1 fully saturated rings. The van der Waals surface area contributed by atoms with E-state index < -0.39 is 0 Å². The molecule has 2 rings (SSSR count). The first kappa shape index (κ1) is 13.3. The Hall–Kier alpha value is -0.120. The zero-order chi connectivity index (χ0) is 12.1. The highest BCUT2D eigenvalue weighted by atomic mass is 32.2. The lowest BCUT2D eigenvalue weighted by molar-refractivity contribution is 0.686. The summed E-state index contributed by atoms with van der Waals surface area (Å²) in [5.41, 5.74) is 4.18. The van der Waals surface area contributed by atoms with E-state index in [1.165, 1.54) is 33.9 Å². The molecule has 0 bridgehead atoms. The Kier molecular flexibility index (Phi) is 5.26. The van der Waals surface area contributed by atoms with Crippen LogP contribution in [0.3, 0.4) is 0 Å². The van der Waals surface area contributed by atoms with Gasteiger partial charge in [0.1, 0.15) is 0 Å². The highest BCUT2D eigenvalue weighted by Crippen LogP contribution is 2.23. The Morgan fingerprint density at radius 3 is 2.82 bits per heavy atom. The fraction of sp³-hybridized carbons (Fsp3) is 0.571. The lowest BCUT2D eigenvalue weighted by Crippen LogP contribution is -2.28. The Balaban J connectivity index is 1.75. The molecule has 1 aromatic rings. The van der Waals surface area contributed by atoms with Gasteiger partial charge in [0.25, 0.3) is 0 Å². The van der Waals surface area contributed by atoms with Gasteiger partial charge in [-0.05, 0) is 30.5 Å². The summed E-state index contributed by atoms with van der Waals surface area (Å²) in [7, 11) is 0. The molecule has 1 N–H and O–H groups in total. The van der Waals surface area contributed by atoms with Crippen LogP contribution in [0, 0.1) is 13.8 Å². The fourth-order valence-corrected chi connectivity index (χ4v) is 4.59. The van der Waals surface area contributed by atoms with Crippen LogP contribution in [-0.2, 0) is 6.54 Å². The molecule has 0 spiro atoms. The van der Waals surface area contributed by atoms with Gasteiger partial charge in [-0.15, -0.1) is 0 Å². The van der Waals surface area contributed by atoms with Gasteiger partial charge in [-0.1, -0.05) is 18.2 Å². The predicted molar refractivity (Wildman–Crippen MR) is 81.2 cm³/mol. The maximum Gasteiger partial charge on any atom is 0.0263 e. The molecule has 0 amide bonds. The normalized spacial score (nSPS) is 20.5. The van der Waals surface area contributed by atoms with Crippen molar-refractivity contribution in [2.24, 2.45) is 0 Å². The number of hydrogen-bond acceptors (Lipinski definition) is 3. The highest BCUT2D eigenvalue weighted by Gasteiger charge is 2.13. The summed E-state index contributed by atoms with van der Waals surface area (Å²) < 4.78 is 0. The molecule has 1 aliphatic heterocycles. The topological polar surface area (TPSA) is 12.0 Å². The van der Waals surface area contributed by atoms with Gasteiger partial charge in [0.15, 0.2) is 0 Å². The SMILES string of the molecule is Cc1ccc(CNCC2CSCCS2)cc1C. The Bertz CT molecular complexity index is 359. The molecular formula is C14H21NS2. The van der Waals surface area contributed by atoms with E-state index in [2.05, 4.69) is 60.9 Å². The van der Waals surface area contributed by atoms with Crippen LogP contribution in [0.5, 0.6) is 0 Å². The Morgan fingerprint density at radius 2 is 2.12 bits per heavy atom. The minimum atomic E-state index is 0.806. The lowest BCUT2D eigenvalue weighted by atomic mass is 10.1. The molecule has 0 radical (unpaired) electrons. The summed E-state index contributed by atoms with van der Waals surface area (Å²) in [6, 6.07) is 6.75. The first-order valence-corrected chi connectivity index (χ1v) is 8.42. The lowest BCUT2D eigenvalue weighted by Gasteiger charge is -2.21. The number of hydrogen-bond donors (Lipinski definition) is 1. The maximum absolute atomic E-state index is 3.58. The van der Waals surface area contributed by atoms with Gasteiger partial charge < -0.3 is 5.32 Å². The second-order valence-corrected chi connectivity index (χ2v) is 7.18. The Morgan fingerprint density at radius 1 is 1.24 bits per heavy atom. The molecule has 1 heterocycles. The van der Waals surface area contributed by atoms with Gasteiger partial charge in [-0.2, -0.15) is 23.5 Å². The summed E-state index contributed by atoms with van der Waals surface area (Å²) in [5, 5.41) is 4.39. The summed E-state index contributed by atoms with van der Waals surface area (Å²) in [6.07, 6.45) is 0. The maximum atomic E-state index is 3.58. The molecule has 1 aliphatic rings. The van der Waals surface area contributed by atoms with E-state index in [-0.39, 0.29) is 0 Å². The minimum absolute atomic E-state index is 0.806. The third kappa shape index (κ3) is 4.23. The van der Waals surface area contributed by atoms with Crippen molar-refractivity contribution < 1.29 is 0 Å². The first-order valence-electron chi connectivity index (χ1n) is 6.22. The number of thioether (sulfide) groups is 2. The average Bonchev–Trinajstić information content (AvgIpc) is 2.35. The molecule has 1 saturated heterocycles. The predicted octanol–water partition coefficient (Wildman–Crippen LogP) is 3.24. The molecule has 3 heteroatoms. The summed E-state index contributed by atoms with van der Waals surface area (Å²) in [6.45, 7) is 6.50. The zero-order valence-electron chi connectivity index (χ0n) is 10.7. The fourth-order valence-electron chi connectivity index (χ4n) is 1.95. The van der Waals surface area contributed by atoms with Crippen LogP contribution in [0.25, 0.3) is 0 Å². The van der Waals surface area contributed by atoms with E-state index >= 15 is 0 Å². The van der Waals surface area contributed by atoms with E-state index in [1.807, 2.05) is 0 Å². The van der Waals surface area contributed by atoms with Crippen molar-refractivity contribution in [1.82, 2.24) is 5.32 Å². The number of nitrogens with one attached hydrogen (secondary N) is 1. The zero-order valence-corrected chi connectivity index (χ0v) is 12.3. The van der Waals surface area contributed by atoms with Crippen molar-refractivity contribution in [2.45, 2.75) is 25.6 Å². The van der Waals surface area contributed by atoms with Crippen LogP contribution in [0.15, 0.2) is 18.2 Å². The van der Waals surface area contributed by atoms with E-state index in [9.17, 15) is 0 Å². The molecule has 1 nitrogen and oxygen atoms in total. The average molecular weight is 267 g/mol. The van der Waals surface area contributed by atoms with Gasteiger partial charge in [-0.25, -0.2) is 0 Å². The van der Waals surface area contributed by atoms with Crippen LogP contribution in [-0.4, -0.2) is 29.1 Å². The third-order valence-corrected chi connectivity index (χ3v) is 6.00. The highest BCUT2D eigenvalue weighted by molar-refractivity contribution is 8.06. The largest absolute Gasteiger partial charge is 0.312 e. The second kappa shape index (κ2) is 6.72. The van der Waals surface area contributed by atoms with E-state index in [0.717, 1.165) is 18.3 Å². The third-order valence-electron chi connectivity index (χ3n) is 3.16. The van der Waals surface area contributed by atoms with Crippen molar-refractivity contribution in [1.29, 1.82) is 0 Å². The molecule has 0 aromatic heterocycles. The van der Waals surface area contributed by atoms with Crippen molar-refractivity contribution >= 4 is 23.5 Å². The van der Waals surface area contributed by atoms with E-state index in [1.54, 1.807) is 0 Å². The van der Waals surface area contributed by atoms with Gasteiger partial charge in [-0.3, -0.25) is 0 Å². The van der Waals surface area contributed by atoms with Crippen molar-refractivity contribution in [3.05, 3.63) is 34.9 Å². The van der Waals surface area contributed by atoms with Gasteiger partial charge in [0.2, 0.25) is 0 Å². The molecule has 1 atom stereocenters. The van der Waals surface area contributed by atoms with E-state index in [0.29, 0.717) is 0 Å². The van der Waals surface area contributed by atoms with Gasteiger partial charge in [0, 0.05) is 35.6 Å².